The van der Waals surface area contributed by atoms with Crippen molar-refractivity contribution >= 4 is 11.9 Å². The summed E-state index contributed by atoms with van der Waals surface area (Å²) >= 11 is 0. The first kappa shape index (κ1) is 17.0. The molecule has 0 aromatic rings. The predicted molar refractivity (Wildman–Crippen MR) is 79.4 cm³/mol. The lowest BCUT2D eigenvalue weighted by atomic mass is 9.81. The van der Waals surface area contributed by atoms with Gasteiger partial charge in [-0.1, -0.05) is 45.4 Å². The lowest BCUT2D eigenvalue weighted by Crippen LogP contribution is -2.39. The number of carboxylic acid groups (broad SMARTS) is 1. The van der Waals surface area contributed by atoms with Gasteiger partial charge in [-0.2, -0.15) is 0 Å². The van der Waals surface area contributed by atoms with Gasteiger partial charge in [0.25, 0.3) is 0 Å². The Balaban J connectivity index is 2.46. The number of carbonyl (C=O) groups excluding carboxylic acids is 1. The Kier molecular flexibility index (Phi) is 7.63. The van der Waals surface area contributed by atoms with Crippen molar-refractivity contribution in [2.24, 2.45) is 11.8 Å². The van der Waals surface area contributed by atoms with Gasteiger partial charge in [0.2, 0.25) is 5.91 Å². The van der Waals surface area contributed by atoms with Crippen LogP contribution in [0.5, 0.6) is 0 Å². The van der Waals surface area contributed by atoms with E-state index in [1.54, 1.807) is 6.92 Å². The Hall–Kier alpha value is -1.06. The maximum absolute atomic E-state index is 12.3. The molecule has 0 bridgehead atoms. The summed E-state index contributed by atoms with van der Waals surface area (Å²) in [7, 11) is 0. The zero-order chi connectivity index (χ0) is 15.0. The lowest BCUT2D eigenvalue weighted by molar-refractivity contribution is -0.137. The molecule has 116 valence electrons. The third kappa shape index (κ3) is 6.40. The molecule has 1 saturated carbocycles. The first-order valence-corrected chi connectivity index (χ1v) is 8.05. The van der Waals surface area contributed by atoms with E-state index in [9.17, 15) is 9.59 Å². The highest BCUT2D eigenvalue weighted by Gasteiger charge is 2.24. The molecule has 0 radical (unpaired) electrons. The first-order chi connectivity index (χ1) is 9.52. The summed E-state index contributed by atoms with van der Waals surface area (Å²) in [6, 6.07) is -0.286. The Morgan fingerprint density at radius 2 is 1.90 bits per heavy atom. The normalized spacial score (nSPS) is 19.3. The van der Waals surface area contributed by atoms with Crippen molar-refractivity contribution in [3.8, 4) is 0 Å². The molecule has 1 amide bonds. The van der Waals surface area contributed by atoms with E-state index < -0.39 is 5.97 Å². The van der Waals surface area contributed by atoms with Gasteiger partial charge in [-0.05, 0) is 25.7 Å². The minimum atomic E-state index is -0.864. The molecule has 0 aromatic heterocycles. The van der Waals surface area contributed by atoms with Crippen molar-refractivity contribution in [3.63, 3.8) is 0 Å². The van der Waals surface area contributed by atoms with Crippen LogP contribution in [-0.4, -0.2) is 23.0 Å². The van der Waals surface area contributed by atoms with Crippen LogP contribution in [0.4, 0.5) is 0 Å². The lowest BCUT2D eigenvalue weighted by Gasteiger charge is -2.26. The molecular formula is C16H29NO3. The third-order valence-corrected chi connectivity index (χ3v) is 4.22. The maximum Gasteiger partial charge on any atom is 0.305 e. The van der Waals surface area contributed by atoms with Gasteiger partial charge in [-0.3, -0.25) is 9.59 Å². The van der Waals surface area contributed by atoms with E-state index in [0.29, 0.717) is 5.92 Å². The maximum atomic E-state index is 12.3. The first-order valence-electron chi connectivity index (χ1n) is 8.05. The summed E-state index contributed by atoms with van der Waals surface area (Å²) in [6.07, 6.45) is 9.28. The van der Waals surface area contributed by atoms with Crippen LogP contribution >= 0.6 is 0 Å². The molecule has 0 spiro atoms. The van der Waals surface area contributed by atoms with Gasteiger partial charge >= 0.3 is 5.97 Å². The molecule has 1 fully saturated rings. The zero-order valence-electron chi connectivity index (χ0n) is 12.9. The Morgan fingerprint density at radius 1 is 1.25 bits per heavy atom. The number of aliphatic carboxylic acids is 1. The summed E-state index contributed by atoms with van der Waals surface area (Å²) in [5, 5.41) is 11.6. The van der Waals surface area contributed by atoms with Gasteiger partial charge < -0.3 is 10.4 Å². The van der Waals surface area contributed by atoms with Gasteiger partial charge in [0.05, 0.1) is 6.42 Å². The highest BCUT2D eigenvalue weighted by molar-refractivity contribution is 5.79. The van der Waals surface area contributed by atoms with Crippen molar-refractivity contribution in [1.29, 1.82) is 0 Å². The fourth-order valence-corrected chi connectivity index (χ4v) is 3.20. The van der Waals surface area contributed by atoms with Gasteiger partial charge in [0.1, 0.15) is 0 Å². The molecule has 0 heterocycles. The Morgan fingerprint density at radius 3 is 2.45 bits per heavy atom. The number of nitrogens with one attached hydrogen (secondary N) is 1. The van der Waals surface area contributed by atoms with Gasteiger partial charge in [0, 0.05) is 12.0 Å². The number of hydrogen-bond donors (Lipinski definition) is 2. The summed E-state index contributed by atoms with van der Waals surface area (Å²) in [4.78, 5) is 22.9. The standard InChI is InChI=1S/C16H29NO3/c1-3-7-14(11-13-8-5-4-6-9-13)16(20)17-12(2)10-15(18)19/h12-14H,3-11H2,1-2H3,(H,17,20)(H,18,19). The molecular weight excluding hydrogens is 254 g/mol. The third-order valence-electron chi connectivity index (χ3n) is 4.22. The Labute approximate surface area is 122 Å². The van der Waals surface area contributed by atoms with Crippen LogP contribution in [0.2, 0.25) is 0 Å². The molecule has 4 nitrogen and oxygen atoms in total. The fourth-order valence-electron chi connectivity index (χ4n) is 3.20. The number of carbonyl (C=O) groups is 2. The van der Waals surface area contributed by atoms with Crippen LogP contribution in [0.3, 0.4) is 0 Å². The zero-order valence-corrected chi connectivity index (χ0v) is 12.9. The molecule has 0 aromatic carbocycles. The van der Waals surface area contributed by atoms with E-state index in [-0.39, 0.29) is 24.3 Å². The van der Waals surface area contributed by atoms with Crippen molar-refractivity contribution in [1.82, 2.24) is 5.32 Å². The quantitative estimate of drug-likeness (QED) is 0.718. The van der Waals surface area contributed by atoms with Crippen LogP contribution in [-0.2, 0) is 9.59 Å². The van der Waals surface area contributed by atoms with Crippen LogP contribution in [0.25, 0.3) is 0 Å². The average molecular weight is 283 g/mol. The van der Waals surface area contributed by atoms with Gasteiger partial charge in [-0.25, -0.2) is 0 Å². The molecule has 1 aliphatic carbocycles. The number of hydrogen-bond acceptors (Lipinski definition) is 2. The number of carboxylic acids is 1. The van der Waals surface area contributed by atoms with E-state index in [4.69, 9.17) is 5.11 Å². The molecule has 1 rings (SSSR count). The van der Waals surface area contributed by atoms with E-state index in [0.717, 1.165) is 19.3 Å². The smallest absolute Gasteiger partial charge is 0.305 e. The minimum absolute atomic E-state index is 0.00594. The van der Waals surface area contributed by atoms with E-state index in [1.807, 2.05) is 0 Å². The predicted octanol–water partition coefficient (Wildman–Crippen LogP) is 3.35. The second kappa shape index (κ2) is 8.98. The minimum Gasteiger partial charge on any atom is -0.481 e. The van der Waals surface area contributed by atoms with Crippen LogP contribution < -0.4 is 5.32 Å². The van der Waals surface area contributed by atoms with E-state index in [2.05, 4.69) is 12.2 Å². The van der Waals surface area contributed by atoms with Gasteiger partial charge in [-0.15, -0.1) is 0 Å². The topological polar surface area (TPSA) is 66.4 Å². The highest BCUT2D eigenvalue weighted by atomic mass is 16.4. The van der Waals surface area contributed by atoms with Crippen molar-refractivity contribution in [2.75, 3.05) is 0 Å². The number of amides is 1. The highest BCUT2D eigenvalue weighted by Crippen LogP contribution is 2.30. The van der Waals surface area contributed by atoms with Crippen LogP contribution in [0.15, 0.2) is 0 Å². The van der Waals surface area contributed by atoms with Crippen LogP contribution in [0.1, 0.15) is 71.6 Å². The summed E-state index contributed by atoms with van der Waals surface area (Å²) in [6.45, 7) is 3.86. The molecule has 2 atom stereocenters. The monoisotopic (exact) mass is 283 g/mol. The summed E-state index contributed by atoms with van der Waals surface area (Å²) in [5.74, 6) is -0.0801. The second-order valence-electron chi connectivity index (χ2n) is 6.23. The van der Waals surface area contributed by atoms with E-state index in [1.165, 1.54) is 32.1 Å². The van der Waals surface area contributed by atoms with E-state index >= 15 is 0 Å². The molecule has 2 unspecified atom stereocenters. The van der Waals surface area contributed by atoms with Crippen molar-refractivity contribution < 1.29 is 14.7 Å². The number of rotatable bonds is 8. The van der Waals surface area contributed by atoms with Gasteiger partial charge in [0.15, 0.2) is 0 Å². The largest absolute Gasteiger partial charge is 0.481 e. The van der Waals surface area contributed by atoms with Crippen LogP contribution in [0, 0.1) is 11.8 Å². The second-order valence-corrected chi connectivity index (χ2v) is 6.23. The van der Waals surface area contributed by atoms with Crippen molar-refractivity contribution in [3.05, 3.63) is 0 Å². The molecule has 0 aliphatic heterocycles. The molecule has 4 heteroatoms. The fraction of sp³-hybridized carbons (Fsp3) is 0.875. The molecule has 1 aliphatic rings. The SMILES string of the molecule is CCCC(CC1CCCCC1)C(=O)NC(C)CC(=O)O. The average Bonchev–Trinajstić information content (AvgIpc) is 2.38. The summed E-state index contributed by atoms with van der Waals surface area (Å²) in [5.41, 5.74) is 0. The Bertz CT molecular complexity index is 311. The molecule has 0 saturated heterocycles. The molecule has 2 N–H and O–H groups in total. The molecule has 20 heavy (non-hydrogen) atoms. The summed E-state index contributed by atoms with van der Waals surface area (Å²) < 4.78 is 0. The van der Waals surface area contributed by atoms with Crippen molar-refractivity contribution in [2.45, 2.75) is 77.7 Å².